The van der Waals surface area contributed by atoms with Crippen LogP contribution in [0, 0.1) is 5.82 Å². The Labute approximate surface area is 131 Å². The molecule has 0 spiro atoms. The van der Waals surface area contributed by atoms with Crippen LogP contribution in [0.3, 0.4) is 0 Å². The van der Waals surface area contributed by atoms with Crippen molar-refractivity contribution in [1.29, 1.82) is 0 Å². The fourth-order valence-electron chi connectivity index (χ4n) is 2.98. The average molecular weight is 311 g/mol. The number of carbonyl (C=O) groups excluding carboxylic acids is 1. The van der Waals surface area contributed by atoms with E-state index in [1.165, 1.54) is 35.0 Å². The van der Waals surface area contributed by atoms with Gasteiger partial charge in [-0.15, -0.1) is 11.3 Å². The van der Waals surface area contributed by atoms with Crippen LogP contribution in [0.1, 0.15) is 27.2 Å². The molecule has 110 valence electrons. The number of rotatable bonds is 2. The van der Waals surface area contributed by atoms with Gasteiger partial charge in [0.05, 0.1) is 4.88 Å². The Morgan fingerprint density at radius 3 is 2.82 bits per heavy atom. The third kappa shape index (κ3) is 2.29. The average Bonchev–Trinajstić information content (AvgIpc) is 3.13. The van der Waals surface area contributed by atoms with Crippen molar-refractivity contribution < 1.29 is 9.18 Å². The van der Waals surface area contributed by atoms with Crippen LogP contribution in [0.15, 0.2) is 42.5 Å². The molecule has 4 heteroatoms. The Kier molecular flexibility index (Phi) is 3.19. The second-order valence-corrected chi connectivity index (χ2v) is 6.64. The molecule has 3 aromatic rings. The first-order valence-electron chi connectivity index (χ1n) is 7.32. The van der Waals surface area contributed by atoms with Crippen LogP contribution < -0.4 is 5.32 Å². The number of carbonyl (C=O) groups is 1. The minimum atomic E-state index is -0.287. The minimum Gasteiger partial charge on any atom is -0.321 e. The van der Waals surface area contributed by atoms with Gasteiger partial charge in [-0.1, -0.05) is 12.1 Å². The lowest BCUT2D eigenvalue weighted by Gasteiger charge is -2.06. The van der Waals surface area contributed by atoms with E-state index in [-0.39, 0.29) is 11.7 Å². The fraction of sp³-hybridized carbons (Fsp3) is 0.167. The molecule has 1 amide bonds. The third-order valence-corrected chi connectivity index (χ3v) is 5.19. The highest BCUT2D eigenvalue weighted by Gasteiger charge is 2.15. The molecule has 1 aliphatic carbocycles. The summed E-state index contributed by atoms with van der Waals surface area (Å²) in [4.78, 5) is 12.9. The van der Waals surface area contributed by atoms with E-state index in [1.54, 1.807) is 12.1 Å². The maximum Gasteiger partial charge on any atom is 0.265 e. The van der Waals surface area contributed by atoms with Crippen LogP contribution in [0.25, 0.3) is 10.1 Å². The number of amides is 1. The van der Waals surface area contributed by atoms with Crippen molar-refractivity contribution in [2.45, 2.75) is 19.3 Å². The van der Waals surface area contributed by atoms with E-state index in [1.807, 2.05) is 18.2 Å². The summed E-state index contributed by atoms with van der Waals surface area (Å²) in [5.74, 6) is -0.469. The Morgan fingerprint density at radius 1 is 1.09 bits per heavy atom. The summed E-state index contributed by atoms with van der Waals surface area (Å²) in [7, 11) is 0. The van der Waals surface area contributed by atoms with E-state index in [4.69, 9.17) is 0 Å². The lowest BCUT2D eigenvalue weighted by molar-refractivity contribution is 0.103. The molecule has 0 atom stereocenters. The molecular formula is C18H14FNOS. The maximum atomic E-state index is 13.7. The summed E-state index contributed by atoms with van der Waals surface area (Å²) in [6.07, 6.45) is 3.38. The Morgan fingerprint density at radius 2 is 1.95 bits per heavy atom. The van der Waals surface area contributed by atoms with Crippen LogP contribution >= 0.6 is 11.3 Å². The zero-order valence-corrected chi connectivity index (χ0v) is 12.7. The van der Waals surface area contributed by atoms with Crippen LogP contribution in [0.5, 0.6) is 0 Å². The van der Waals surface area contributed by atoms with Gasteiger partial charge in [-0.05, 0) is 60.7 Å². The van der Waals surface area contributed by atoms with E-state index in [0.717, 1.165) is 23.2 Å². The molecule has 0 saturated heterocycles. The molecular weight excluding hydrogens is 297 g/mol. The highest BCUT2D eigenvalue weighted by molar-refractivity contribution is 7.20. The zero-order chi connectivity index (χ0) is 15.1. The molecule has 1 aromatic heterocycles. The highest BCUT2D eigenvalue weighted by atomic mass is 32.1. The second-order valence-electron chi connectivity index (χ2n) is 5.55. The zero-order valence-electron chi connectivity index (χ0n) is 11.9. The molecule has 0 saturated carbocycles. The number of nitrogens with one attached hydrogen (secondary N) is 1. The van der Waals surface area contributed by atoms with Crippen molar-refractivity contribution >= 4 is 33.0 Å². The Bertz CT molecular complexity index is 884. The summed E-state index contributed by atoms with van der Waals surface area (Å²) in [6, 6.07) is 12.6. The van der Waals surface area contributed by atoms with Crippen molar-refractivity contribution in [2.75, 3.05) is 5.32 Å². The van der Waals surface area contributed by atoms with Crippen LogP contribution in [0.2, 0.25) is 0 Å². The quantitative estimate of drug-likeness (QED) is 0.725. The number of halogens is 1. The van der Waals surface area contributed by atoms with Gasteiger partial charge in [0.1, 0.15) is 5.82 Å². The van der Waals surface area contributed by atoms with Gasteiger partial charge in [0.15, 0.2) is 0 Å². The van der Waals surface area contributed by atoms with Crippen LogP contribution in [-0.4, -0.2) is 5.91 Å². The number of aryl methyl sites for hydroxylation is 2. The predicted molar refractivity (Wildman–Crippen MR) is 88.2 cm³/mol. The topological polar surface area (TPSA) is 29.1 Å². The van der Waals surface area contributed by atoms with Gasteiger partial charge in [-0.25, -0.2) is 4.39 Å². The van der Waals surface area contributed by atoms with E-state index in [0.29, 0.717) is 10.3 Å². The number of hydrogen-bond donors (Lipinski definition) is 1. The van der Waals surface area contributed by atoms with E-state index >= 15 is 0 Å². The van der Waals surface area contributed by atoms with E-state index in [9.17, 15) is 9.18 Å². The lowest BCUT2D eigenvalue weighted by atomic mass is 10.1. The van der Waals surface area contributed by atoms with Gasteiger partial charge in [0.25, 0.3) is 5.91 Å². The molecule has 1 aliphatic rings. The van der Waals surface area contributed by atoms with Crippen molar-refractivity contribution in [3.8, 4) is 0 Å². The second kappa shape index (κ2) is 5.21. The Hall–Kier alpha value is -2.20. The summed E-state index contributed by atoms with van der Waals surface area (Å²) >= 11 is 1.31. The molecule has 0 aliphatic heterocycles. The molecule has 2 aromatic carbocycles. The number of hydrogen-bond acceptors (Lipinski definition) is 2. The molecule has 0 bridgehead atoms. The summed E-state index contributed by atoms with van der Waals surface area (Å²) in [5.41, 5.74) is 3.51. The monoisotopic (exact) mass is 311 g/mol. The summed E-state index contributed by atoms with van der Waals surface area (Å²) in [6.45, 7) is 0. The smallest absolute Gasteiger partial charge is 0.265 e. The molecule has 1 N–H and O–H groups in total. The first-order valence-corrected chi connectivity index (χ1v) is 8.13. The van der Waals surface area contributed by atoms with Crippen molar-refractivity contribution in [3.05, 3.63) is 64.3 Å². The van der Waals surface area contributed by atoms with Crippen molar-refractivity contribution in [2.24, 2.45) is 0 Å². The first kappa shape index (κ1) is 13.5. The number of thiophene rings is 1. The lowest BCUT2D eigenvalue weighted by Crippen LogP contribution is -2.10. The molecule has 1 heterocycles. The number of benzene rings is 2. The first-order chi connectivity index (χ1) is 10.7. The van der Waals surface area contributed by atoms with Gasteiger partial charge in [0, 0.05) is 15.8 Å². The largest absolute Gasteiger partial charge is 0.321 e. The number of fused-ring (bicyclic) bond motifs is 2. The predicted octanol–water partition coefficient (Wildman–Crippen LogP) is 4.78. The summed E-state index contributed by atoms with van der Waals surface area (Å²) in [5, 5.41) is 3.42. The maximum absolute atomic E-state index is 13.7. The third-order valence-electron chi connectivity index (χ3n) is 4.09. The van der Waals surface area contributed by atoms with Crippen LogP contribution in [-0.2, 0) is 12.8 Å². The summed E-state index contributed by atoms with van der Waals surface area (Å²) < 4.78 is 14.5. The molecule has 22 heavy (non-hydrogen) atoms. The highest BCUT2D eigenvalue weighted by Crippen LogP contribution is 2.29. The minimum absolute atomic E-state index is 0.182. The molecule has 0 fully saturated rings. The molecule has 2 nitrogen and oxygen atoms in total. The standard InChI is InChI=1S/C18H14FNOS/c19-15-5-2-6-16-14(15)10-17(22-16)18(21)20-13-8-7-11-3-1-4-12(11)9-13/h2,5-10H,1,3-4H2,(H,20,21). The van der Waals surface area contributed by atoms with Gasteiger partial charge in [0.2, 0.25) is 0 Å². The molecule has 4 rings (SSSR count). The Balaban J connectivity index is 1.62. The van der Waals surface area contributed by atoms with Gasteiger partial charge < -0.3 is 5.32 Å². The normalized spacial score (nSPS) is 13.3. The molecule has 0 radical (unpaired) electrons. The fourth-order valence-corrected chi connectivity index (χ4v) is 3.95. The molecule has 0 unspecified atom stereocenters. The van der Waals surface area contributed by atoms with E-state index < -0.39 is 0 Å². The van der Waals surface area contributed by atoms with E-state index in [2.05, 4.69) is 11.4 Å². The van der Waals surface area contributed by atoms with Crippen LogP contribution in [0.4, 0.5) is 10.1 Å². The van der Waals surface area contributed by atoms with Gasteiger partial charge in [-0.3, -0.25) is 4.79 Å². The van der Waals surface area contributed by atoms with Gasteiger partial charge >= 0.3 is 0 Å². The van der Waals surface area contributed by atoms with Crippen molar-refractivity contribution in [1.82, 2.24) is 0 Å². The van der Waals surface area contributed by atoms with Crippen molar-refractivity contribution in [3.63, 3.8) is 0 Å². The number of anilines is 1. The SMILES string of the molecule is O=C(Nc1ccc2c(c1)CCC2)c1cc2c(F)cccc2s1. The van der Waals surface area contributed by atoms with Gasteiger partial charge in [-0.2, -0.15) is 0 Å².